The molecule has 0 heteroatoms. The lowest BCUT2D eigenvalue weighted by Crippen LogP contribution is -2.15. The summed E-state index contributed by atoms with van der Waals surface area (Å²) in [5, 5.41) is 0. The Balaban J connectivity index is 1.74. The van der Waals surface area contributed by atoms with Gasteiger partial charge < -0.3 is 0 Å². The van der Waals surface area contributed by atoms with Crippen molar-refractivity contribution in [3.63, 3.8) is 0 Å². The molecular weight excluding hydrogens is 276 g/mol. The van der Waals surface area contributed by atoms with Crippen LogP contribution < -0.4 is 0 Å². The maximum atomic E-state index is 2.56. The van der Waals surface area contributed by atoms with Crippen LogP contribution in [0, 0.1) is 23.7 Å². The molecule has 1 saturated carbocycles. The van der Waals surface area contributed by atoms with Crippen molar-refractivity contribution in [1.29, 1.82) is 0 Å². The Bertz CT molecular complexity index is 351. The molecule has 2 rings (SSSR count). The van der Waals surface area contributed by atoms with Crippen molar-refractivity contribution in [1.82, 2.24) is 0 Å². The highest BCUT2D eigenvalue weighted by molar-refractivity contribution is 5.21. The summed E-state index contributed by atoms with van der Waals surface area (Å²) < 4.78 is 0. The first-order valence-electron chi connectivity index (χ1n) is 10.4. The average molecular weight is 315 g/mol. The van der Waals surface area contributed by atoms with E-state index in [9.17, 15) is 0 Å². The highest BCUT2D eigenvalue weighted by Gasteiger charge is 2.41. The van der Waals surface area contributed by atoms with Gasteiger partial charge in [-0.1, -0.05) is 88.8 Å². The molecule has 0 N–H and O–H groups in total. The first kappa shape index (κ1) is 18.6. The first-order chi connectivity index (χ1) is 11.4. The Kier molecular flexibility index (Phi) is 8.79. The molecule has 0 heterocycles. The maximum Gasteiger partial charge on any atom is -0.0102 e. The molecule has 0 aromatic heterocycles. The monoisotopic (exact) mass is 314 g/mol. The van der Waals surface area contributed by atoms with Gasteiger partial charge in [-0.3, -0.25) is 0 Å². The summed E-state index contributed by atoms with van der Waals surface area (Å²) in [5.41, 5.74) is 0. The van der Waals surface area contributed by atoms with Gasteiger partial charge in [0.2, 0.25) is 0 Å². The second-order valence-corrected chi connectivity index (χ2v) is 7.66. The van der Waals surface area contributed by atoms with Gasteiger partial charge in [0.1, 0.15) is 0 Å². The van der Waals surface area contributed by atoms with Gasteiger partial charge in [-0.25, -0.2) is 0 Å². The molecule has 0 saturated heterocycles. The van der Waals surface area contributed by atoms with Crippen LogP contribution in [0.5, 0.6) is 0 Å². The van der Waals surface area contributed by atoms with Crippen LogP contribution in [-0.2, 0) is 0 Å². The van der Waals surface area contributed by atoms with Crippen LogP contribution in [0.1, 0.15) is 84.5 Å². The maximum absolute atomic E-state index is 2.56. The second kappa shape index (κ2) is 10.9. The van der Waals surface area contributed by atoms with Gasteiger partial charge in [-0.2, -0.15) is 0 Å². The summed E-state index contributed by atoms with van der Waals surface area (Å²) in [6, 6.07) is 0. The number of unbranched alkanes of at least 4 members (excludes halogenated alkanes) is 8. The number of fused-ring (bicyclic) bond motifs is 2. The predicted octanol–water partition coefficient (Wildman–Crippen LogP) is 7.48. The first-order valence-corrected chi connectivity index (χ1v) is 10.4. The SMILES string of the molecule is CCCCCC/C=C/[C@@H]1[C@H](/C=C/CCCCCC)[C@H]2C=C[C@@H]1C2. The zero-order valence-electron chi connectivity index (χ0n) is 15.6. The lowest BCUT2D eigenvalue weighted by Gasteiger charge is -2.22. The third kappa shape index (κ3) is 5.98. The fourth-order valence-corrected chi connectivity index (χ4v) is 4.33. The van der Waals surface area contributed by atoms with E-state index in [1.807, 2.05) is 0 Å². The average Bonchev–Trinajstić information content (AvgIpc) is 3.16. The number of rotatable bonds is 12. The molecule has 2 aliphatic carbocycles. The normalized spacial score (nSPS) is 29.5. The van der Waals surface area contributed by atoms with Crippen LogP contribution in [0.25, 0.3) is 0 Å². The van der Waals surface area contributed by atoms with E-state index in [2.05, 4.69) is 50.3 Å². The molecule has 23 heavy (non-hydrogen) atoms. The standard InChI is InChI=1S/C23H38/c1-3-5-7-9-11-13-15-22-20-17-18-21(19-20)23(22)16-14-12-10-8-6-4-2/h13-18,20-23H,3-12,19H2,1-2H3/b15-13+,16-14+/t20-,21+,22+,23-. The molecule has 0 spiro atoms. The van der Waals surface area contributed by atoms with Gasteiger partial charge >= 0.3 is 0 Å². The lowest BCUT2D eigenvalue weighted by atomic mass is 9.82. The van der Waals surface area contributed by atoms with Crippen LogP contribution in [0.2, 0.25) is 0 Å². The topological polar surface area (TPSA) is 0 Å². The summed E-state index contributed by atoms with van der Waals surface area (Å²) in [7, 11) is 0. The molecule has 130 valence electrons. The minimum Gasteiger partial charge on any atom is -0.0882 e. The van der Waals surface area contributed by atoms with Crippen molar-refractivity contribution in [2.24, 2.45) is 23.7 Å². The molecule has 4 atom stereocenters. The summed E-state index contributed by atoms with van der Waals surface area (Å²) in [5.74, 6) is 3.20. The van der Waals surface area contributed by atoms with Crippen LogP contribution in [0.3, 0.4) is 0 Å². The highest BCUT2D eigenvalue weighted by atomic mass is 14.4. The van der Waals surface area contributed by atoms with Gasteiger partial charge in [-0.15, -0.1) is 0 Å². The molecule has 2 aliphatic rings. The summed E-state index contributed by atoms with van der Waals surface area (Å²) in [6.45, 7) is 4.58. The van der Waals surface area contributed by atoms with E-state index >= 15 is 0 Å². The molecule has 0 aromatic carbocycles. The van der Waals surface area contributed by atoms with Crippen molar-refractivity contribution >= 4 is 0 Å². The van der Waals surface area contributed by atoms with Gasteiger partial charge in [0.25, 0.3) is 0 Å². The fourth-order valence-electron chi connectivity index (χ4n) is 4.33. The molecule has 0 nitrogen and oxygen atoms in total. The molecule has 0 unspecified atom stereocenters. The third-order valence-electron chi connectivity index (χ3n) is 5.75. The Labute approximate surface area is 145 Å². The molecule has 2 bridgehead atoms. The molecule has 0 aromatic rings. The van der Waals surface area contributed by atoms with E-state index in [1.54, 1.807) is 0 Å². The smallest absolute Gasteiger partial charge is 0.0102 e. The van der Waals surface area contributed by atoms with Crippen LogP contribution >= 0.6 is 0 Å². The van der Waals surface area contributed by atoms with Crippen LogP contribution in [0.15, 0.2) is 36.5 Å². The molecular formula is C23H38. The summed E-state index contributed by atoms with van der Waals surface area (Å²) in [4.78, 5) is 0. The van der Waals surface area contributed by atoms with Gasteiger partial charge in [-0.05, 0) is 55.8 Å². The van der Waals surface area contributed by atoms with Crippen LogP contribution in [-0.4, -0.2) is 0 Å². The van der Waals surface area contributed by atoms with Crippen molar-refractivity contribution in [3.8, 4) is 0 Å². The van der Waals surface area contributed by atoms with E-state index in [4.69, 9.17) is 0 Å². The minimum absolute atomic E-state index is 0.781. The molecule has 1 fully saturated rings. The van der Waals surface area contributed by atoms with Crippen molar-refractivity contribution < 1.29 is 0 Å². The molecule has 0 amide bonds. The van der Waals surface area contributed by atoms with Crippen LogP contribution in [0.4, 0.5) is 0 Å². The lowest BCUT2D eigenvalue weighted by molar-refractivity contribution is 0.445. The van der Waals surface area contributed by atoms with E-state index in [0.717, 1.165) is 23.7 Å². The van der Waals surface area contributed by atoms with Crippen molar-refractivity contribution in [2.45, 2.75) is 84.5 Å². The quantitative estimate of drug-likeness (QED) is 0.259. The Morgan fingerprint density at radius 1 is 0.696 bits per heavy atom. The highest BCUT2D eigenvalue weighted by Crippen LogP contribution is 2.49. The Morgan fingerprint density at radius 3 is 1.61 bits per heavy atom. The van der Waals surface area contributed by atoms with Crippen molar-refractivity contribution in [3.05, 3.63) is 36.5 Å². The largest absolute Gasteiger partial charge is 0.0882 e. The van der Waals surface area contributed by atoms with Crippen molar-refractivity contribution in [2.75, 3.05) is 0 Å². The van der Waals surface area contributed by atoms with E-state index in [0.29, 0.717) is 0 Å². The summed E-state index contributed by atoms with van der Waals surface area (Å²) >= 11 is 0. The second-order valence-electron chi connectivity index (χ2n) is 7.66. The molecule has 0 aliphatic heterocycles. The Morgan fingerprint density at radius 2 is 1.17 bits per heavy atom. The molecule has 0 radical (unpaired) electrons. The zero-order valence-corrected chi connectivity index (χ0v) is 15.6. The van der Waals surface area contributed by atoms with Gasteiger partial charge in [0.05, 0.1) is 0 Å². The van der Waals surface area contributed by atoms with Gasteiger partial charge in [0.15, 0.2) is 0 Å². The predicted molar refractivity (Wildman–Crippen MR) is 104 cm³/mol. The van der Waals surface area contributed by atoms with Gasteiger partial charge in [0, 0.05) is 0 Å². The van der Waals surface area contributed by atoms with E-state index < -0.39 is 0 Å². The third-order valence-corrected chi connectivity index (χ3v) is 5.75. The van der Waals surface area contributed by atoms with E-state index in [-0.39, 0.29) is 0 Å². The fraction of sp³-hybridized carbons (Fsp3) is 0.739. The number of hydrogen-bond acceptors (Lipinski definition) is 0. The summed E-state index contributed by atoms with van der Waals surface area (Å²) in [6.07, 6.45) is 30.1. The minimum atomic E-state index is 0.781. The number of allylic oxidation sites excluding steroid dienone is 6. The van der Waals surface area contributed by atoms with E-state index in [1.165, 1.54) is 70.6 Å². The number of hydrogen-bond donors (Lipinski definition) is 0. The zero-order chi connectivity index (χ0) is 16.3. The Hall–Kier alpha value is -0.780.